The summed E-state index contributed by atoms with van der Waals surface area (Å²) in [6.07, 6.45) is 0.119. The highest BCUT2D eigenvalue weighted by Crippen LogP contribution is 2.21. The van der Waals surface area contributed by atoms with Gasteiger partial charge in [0.15, 0.2) is 0 Å². The maximum Gasteiger partial charge on any atom is 0.264 e. The standard InChI is InChI=1S/C17H19NO4S2/c1-13-12-15(8-9-16(13)22-2)24(20,21)18-17(19)10-11-23-14-6-4-3-5-7-14/h3-9,12H,10-11H2,1-2H3,(H,18,19). The van der Waals surface area contributed by atoms with Crippen LogP contribution in [0.5, 0.6) is 5.75 Å². The number of carbonyl (C=O) groups is 1. The second-order valence-electron chi connectivity index (χ2n) is 5.07. The van der Waals surface area contributed by atoms with Crippen LogP contribution in [0.3, 0.4) is 0 Å². The van der Waals surface area contributed by atoms with Gasteiger partial charge in [-0.2, -0.15) is 0 Å². The summed E-state index contributed by atoms with van der Waals surface area (Å²) in [5.74, 6) is 0.582. The Kier molecular flexibility index (Phi) is 6.28. The topological polar surface area (TPSA) is 72.5 Å². The first-order valence-electron chi connectivity index (χ1n) is 7.30. The molecule has 128 valence electrons. The molecule has 5 nitrogen and oxygen atoms in total. The molecule has 0 aliphatic carbocycles. The summed E-state index contributed by atoms with van der Waals surface area (Å²) in [6, 6.07) is 14.1. The molecule has 0 heterocycles. The van der Waals surface area contributed by atoms with Gasteiger partial charge < -0.3 is 4.74 Å². The zero-order valence-corrected chi connectivity index (χ0v) is 15.1. The Morgan fingerprint density at radius 3 is 2.50 bits per heavy atom. The lowest BCUT2D eigenvalue weighted by Gasteiger charge is -2.09. The molecule has 2 rings (SSSR count). The van der Waals surface area contributed by atoms with Crippen LogP contribution in [0, 0.1) is 6.92 Å². The monoisotopic (exact) mass is 365 g/mol. The predicted octanol–water partition coefficient (Wildman–Crippen LogP) is 2.99. The van der Waals surface area contributed by atoms with Gasteiger partial charge in [0.2, 0.25) is 5.91 Å². The molecule has 2 aromatic rings. The van der Waals surface area contributed by atoms with E-state index in [0.717, 1.165) is 4.90 Å². The molecule has 0 spiro atoms. The maximum atomic E-state index is 12.2. The minimum atomic E-state index is -3.87. The van der Waals surface area contributed by atoms with Crippen molar-refractivity contribution in [3.05, 3.63) is 54.1 Å². The molecular formula is C17H19NO4S2. The molecule has 0 fully saturated rings. The van der Waals surface area contributed by atoms with Gasteiger partial charge in [0.25, 0.3) is 10.0 Å². The molecule has 0 saturated carbocycles. The van der Waals surface area contributed by atoms with Gasteiger partial charge in [0, 0.05) is 17.1 Å². The Morgan fingerprint density at radius 1 is 1.17 bits per heavy atom. The van der Waals surface area contributed by atoms with Crippen molar-refractivity contribution in [2.75, 3.05) is 12.9 Å². The van der Waals surface area contributed by atoms with E-state index < -0.39 is 15.9 Å². The molecule has 0 aliphatic rings. The number of ether oxygens (including phenoxy) is 1. The van der Waals surface area contributed by atoms with Gasteiger partial charge in [-0.3, -0.25) is 4.79 Å². The molecule has 0 aromatic heterocycles. The van der Waals surface area contributed by atoms with Crippen LogP contribution in [-0.2, 0) is 14.8 Å². The number of hydrogen-bond acceptors (Lipinski definition) is 5. The van der Waals surface area contributed by atoms with Gasteiger partial charge in [-0.05, 0) is 42.8 Å². The van der Waals surface area contributed by atoms with Crippen molar-refractivity contribution in [3.8, 4) is 5.75 Å². The fourth-order valence-corrected chi connectivity index (χ4v) is 4.03. The molecule has 0 atom stereocenters. The zero-order chi connectivity index (χ0) is 17.6. The Bertz CT molecular complexity index is 805. The first-order chi connectivity index (χ1) is 11.4. The summed E-state index contributed by atoms with van der Waals surface area (Å²) >= 11 is 1.51. The van der Waals surface area contributed by atoms with E-state index >= 15 is 0 Å². The average molecular weight is 365 g/mol. The number of benzene rings is 2. The van der Waals surface area contributed by atoms with Gasteiger partial charge in [-0.1, -0.05) is 18.2 Å². The molecule has 2 aromatic carbocycles. The fraction of sp³-hybridized carbons (Fsp3) is 0.235. The lowest BCUT2D eigenvalue weighted by Crippen LogP contribution is -2.30. The van der Waals surface area contributed by atoms with E-state index in [1.165, 1.54) is 31.0 Å². The zero-order valence-electron chi connectivity index (χ0n) is 13.5. The third kappa shape index (κ3) is 5.01. The van der Waals surface area contributed by atoms with Crippen molar-refractivity contribution in [2.45, 2.75) is 23.1 Å². The molecule has 1 amide bonds. The van der Waals surface area contributed by atoms with Crippen molar-refractivity contribution in [3.63, 3.8) is 0 Å². The smallest absolute Gasteiger partial charge is 0.264 e. The normalized spacial score (nSPS) is 11.1. The van der Waals surface area contributed by atoms with Crippen molar-refractivity contribution < 1.29 is 17.9 Å². The lowest BCUT2D eigenvalue weighted by molar-refractivity contribution is -0.118. The number of amides is 1. The van der Waals surface area contributed by atoms with E-state index in [0.29, 0.717) is 17.1 Å². The quantitative estimate of drug-likeness (QED) is 0.764. The Hall–Kier alpha value is -1.99. The number of carbonyl (C=O) groups excluding carboxylic acids is 1. The Morgan fingerprint density at radius 2 is 1.88 bits per heavy atom. The molecule has 0 aliphatic heterocycles. The van der Waals surface area contributed by atoms with E-state index in [1.807, 2.05) is 30.3 Å². The number of thioether (sulfide) groups is 1. The second-order valence-corrected chi connectivity index (χ2v) is 7.92. The first-order valence-corrected chi connectivity index (χ1v) is 9.77. The van der Waals surface area contributed by atoms with Gasteiger partial charge in [0.05, 0.1) is 12.0 Å². The Balaban J connectivity index is 1.93. The SMILES string of the molecule is COc1ccc(S(=O)(=O)NC(=O)CCSc2ccccc2)cc1C. The number of rotatable bonds is 7. The van der Waals surface area contributed by atoms with E-state index in [4.69, 9.17) is 4.74 Å². The second kappa shape index (κ2) is 8.21. The van der Waals surface area contributed by atoms with Gasteiger partial charge in [-0.15, -0.1) is 11.8 Å². The first kappa shape index (κ1) is 18.4. The van der Waals surface area contributed by atoms with Crippen LogP contribution in [0.1, 0.15) is 12.0 Å². The summed E-state index contributed by atoms with van der Waals surface area (Å²) in [7, 11) is -2.35. The van der Waals surface area contributed by atoms with Gasteiger partial charge in [0.1, 0.15) is 5.75 Å². The molecule has 0 radical (unpaired) electrons. The predicted molar refractivity (Wildman–Crippen MR) is 94.8 cm³/mol. The van der Waals surface area contributed by atoms with E-state index in [1.54, 1.807) is 13.0 Å². The van der Waals surface area contributed by atoms with E-state index in [9.17, 15) is 13.2 Å². The average Bonchev–Trinajstić information content (AvgIpc) is 2.55. The maximum absolute atomic E-state index is 12.2. The van der Waals surface area contributed by atoms with Crippen molar-refractivity contribution in [1.29, 1.82) is 0 Å². The fourth-order valence-electron chi connectivity index (χ4n) is 2.06. The number of methoxy groups -OCH3 is 1. The molecule has 1 N–H and O–H groups in total. The largest absolute Gasteiger partial charge is 0.496 e. The van der Waals surface area contributed by atoms with Crippen molar-refractivity contribution in [2.24, 2.45) is 0 Å². The molecule has 0 bridgehead atoms. The van der Waals surface area contributed by atoms with Crippen LogP contribution >= 0.6 is 11.8 Å². The number of nitrogens with one attached hydrogen (secondary N) is 1. The molecule has 7 heteroatoms. The highest BCUT2D eigenvalue weighted by Gasteiger charge is 2.18. The Labute approximate surface area is 146 Å². The molecular weight excluding hydrogens is 346 g/mol. The molecule has 0 unspecified atom stereocenters. The van der Waals surface area contributed by atoms with Crippen LogP contribution < -0.4 is 9.46 Å². The highest BCUT2D eigenvalue weighted by molar-refractivity contribution is 7.99. The van der Waals surface area contributed by atoms with Crippen LogP contribution in [0.4, 0.5) is 0 Å². The summed E-state index contributed by atoms with van der Waals surface area (Å²) in [4.78, 5) is 13.0. The number of hydrogen-bond donors (Lipinski definition) is 1. The van der Waals surface area contributed by atoms with Crippen molar-refractivity contribution in [1.82, 2.24) is 4.72 Å². The van der Waals surface area contributed by atoms with Crippen LogP contribution in [0.25, 0.3) is 0 Å². The summed E-state index contributed by atoms with van der Waals surface area (Å²) in [5, 5.41) is 0. The van der Waals surface area contributed by atoms with Gasteiger partial charge in [-0.25, -0.2) is 13.1 Å². The third-order valence-electron chi connectivity index (χ3n) is 3.27. The minimum Gasteiger partial charge on any atom is -0.496 e. The third-order valence-corrected chi connectivity index (χ3v) is 5.65. The van der Waals surface area contributed by atoms with E-state index in [-0.39, 0.29) is 11.3 Å². The van der Waals surface area contributed by atoms with Crippen LogP contribution in [0.2, 0.25) is 0 Å². The van der Waals surface area contributed by atoms with Crippen molar-refractivity contribution >= 4 is 27.7 Å². The molecule has 0 saturated heterocycles. The highest BCUT2D eigenvalue weighted by atomic mass is 32.2. The van der Waals surface area contributed by atoms with Crippen LogP contribution in [0.15, 0.2) is 58.3 Å². The van der Waals surface area contributed by atoms with Gasteiger partial charge >= 0.3 is 0 Å². The summed E-state index contributed by atoms with van der Waals surface area (Å²) < 4.78 is 31.7. The van der Waals surface area contributed by atoms with Crippen LogP contribution in [-0.4, -0.2) is 27.2 Å². The minimum absolute atomic E-state index is 0.0462. The summed E-state index contributed by atoms with van der Waals surface area (Å²) in [5.41, 5.74) is 0.687. The van der Waals surface area contributed by atoms with E-state index in [2.05, 4.69) is 4.72 Å². The number of sulfonamides is 1. The molecule has 24 heavy (non-hydrogen) atoms. The summed E-state index contributed by atoms with van der Waals surface area (Å²) in [6.45, 7) is 1.75. The number of aryl methyl sites for hydroxylation is 1. The lowest BCUT2D eigenvalue weighted by atomic mass is 10.2.